The van der Waals surface area contributed by atoms with Gasteiger partial charge in [-0.2, -0.15) is 0 Å². The van der Waals surface area contributed by atoms with Crippen LogP contribution in [0.3, 0.4) is 0 Å². The summed E-state index contributed by atoms with van der Waals surface area (Å²) in [5.41, 5.74) is 1.62. The van der Waals surface area contributed by atoms with E-state index in [1.54, 1.807) is 0 Å². The number of carbonyl (C=O) groups excluding carboxylic acids is 1. The van der Waals surface area contributed by atoms with Crippen molar-refractivity contribution in [1.29, 1.82) is 0 Å². The number of hydrogen-bond acceptors (Lipinski definition) is 5. The van der Waals surface area contributed by atoms with Gasteiger partial charge in [-0.3, -0.25) is 19.6 Å². The van der Waals surface area contributed by atoms with Gasteiger partial charge in [0.2, 0.25) is 5.91 Å². The third kappa shape index (κ3) is 4.50. The summed E-state index contributed by atoms with van der Waals surface area (Å²) < 4.78 is 0. The summed E-state index contributed by atoms with van der Waals surface area (Å²) in [5.74, 6) is 0.249. The van der Waals surface area contributed by atoms with Crippen molar-refractivity contribution in [3.8, 4) is 0 Å². The normalized spacial score (nSPS) is 27.1. The molecule has 0 radical (unpaired) electrons. The summed E-state index contributed by atoms with van der Waals surface area (Å²) in [5, 5.41) is 6.82. The monoisotopic (exact) mass is 371 g/mol. The number of carbonyl (C=O) groups is 1. The lowest BCUT2D eigenvalue weighted by molar-refractivity contribution is -0.126. The summed E-state index contributed by atoms with van der Waals surface area (Å²) >= 11 is 0. The molecule has 3 aliphatic heterocycles. The fourth-order valence-electron chi connectivity index (χ4n) is 5.16. The van der Waals surface area contributed by atoms with Crippen molar-refractivity contribution in [3.63, 3.8) is 0 Å². The minimum Gasteiger partial charge on any atom is -0.352 e. The van der Waals surface area contributed by atoms with Crippen LogP contribution in [0.1, 0.15) is 37.7 Å². The number of pyridine rings is 1. The van der Waals surface area contributed by atoms with Gasteiger partial charge in [0.1, 0.15) is 0 Å². The van der Waals surface area contributed by atoms with Gasteiger partial charge in [0, 0.05) is 44.6 Å². The SMILES string of the molecule is CN1CC2(CCNCC2)C[C@@H]1C(=O)NC1CCN(Cc2cccnc2)CC1. The van der Waals surface area contributed by atoms with Crippen LogP contribution >= 0.6 is 0 Å². The quantitative estimate of drug-likeness (QED) is 0.834. The molecule has 27 heavy (non-hydrogen) atoms. The van der Waals surface area contributed by atoms with E-state index in [1.165, 1.54) is 18.4 Å². The fourth-order valence-corrected chi connectivity index (χ4v) is 5.16. The molecular weight excluding hydrogens is 338 g/mol. The number of likely N-dealkylation sites (N-methyl/N-ethyl adjacent to an activating group) is 1. The van der Waals surface area contributed by atoms with Gasteiger partial charge in [-0.05, 0) is 69.3 Å². The van der Waals surface area contributed by atoms with Crippen molar-refractivity contribution in [2.45, 2.75) is 50.7 Å². The molecule has 4 heterocycles. The first-order chi connectivity index (χ1) is 13.1. The zero-order valence-corrected chi connectivity index (χ0v) is 16.5. The Labute approximate surface area is 162 Å². The van der Waals surface area contributed by atoms with E-state index >= 15 is 0 Å². The van der Waals surface area contributed by atoms with E-state index in [0.29, 0.717) is 11.5 Å². The lowest BCUT2D eigenvalue weighted by Crippen LogP contribution is -2.49. The first-order valence-electron chi connectivity index (χ1n) is 10.5. The van der Waals surface area contributed by atoms with E-state index in [9.17, 15) is 4.79 Å². The second-order valence-electron chi connectivity index (χ2n) is 8.81. The summed E-state index contributed by atoms with van der Waals surface area (Å²) in [4.78, 5) is 21.9. The molecule has 6 heteroatoms. The zero-order chi connectivity index (χ0) is 18.7. The van der Waals surface area contributed by atoms with Gasteiger partial charge < -0.3 is 10.6 Å². The highest BCUT2D eigenvalue weighted by Crippen LogP contribution is 2.41. The standard InChI is InChI=1S/C21H33N5O/c1-25-16-21(6-9-22-10-7-21)13-19(25)20(27)24-18-4-11-26(12-5-18)15-17-3-2-8-23-14-17/h2-3,8,14,18-19,22H,4-7,9-13,15-16H2,1H3,(H,24,27)/t19-/m1/s1. The molecule has 0 aliphatic carbocycles. The number of likely N-dealkylation sites (tertiary alicyclic amines) is 2. The molecule has 6 nitrogen and oxygen atoms in total. The lowest BCUT2D eigenvalue weighted by atomic mass is 9.77. The van der Waals surface area contributed by atoms with Crippen LogP contribution in [-0.4, -0.2) is 72.5 Å². The number of rotatable bonds is 4. The Bertz CT molecular complexity index is 623. The van der Waals surface area contributed by atoms with E-state index in [-0.39, 0.29) is 11.9 Å². The second kappa shape index (κ2) is 8.25. The fraction of sp³-hybridized carbons (Fsp3) is 0.714. The van der Waals surface area contributed by atoms with Crippen molar-refractivity contribution < 1.29 is 4.79 Å². The van der Waals surface area contributed by atoms with Crippen LogP contribution in [0.25, 0.3) is 0 Å². The second-order valence-corrected chi connectivity index (χ2v) is 8.81. The Kier molecular flexibility index (Phi) is 5.76. The summed E-state index contributed by atoms with van der Waals surface area (Å²) in [7, 11) is 2.12. The molecule has 0 bridgehead atoms. The van der Waals surface area contributed by atoms with E-state index < -0.39 is 0 Å². The molecule has 3 fully saturated rings. The molecule has 3 saturated heterocycles. The predicted molar refractivity (Wildman–Crippen MR) is 106 cm³/mol. The van der Waals surface area contributed by atoms with Crippen molar-refractivity contribution >= 4 is 5.91 Å². The maximum Gasteiger partial charge on any atom is 0.237 e. The van der Waals surface area contributed by atoms with Crippen molar-refractivity contribution in [3.05, 3.63) is 30.1 Å². The molecule has 2 N–H and O–H groups in total. The van der Waals surface area contributed by atoms with Gasteiger partial charge in [0.25, 0.3) is 0 Å². The Hall–Kier alpha value is -1.50. The number of piperidine rings is 2. The number of nitrogens with zero attached hydrogens (tertiary/aromatic N) is 3. The smallest absolute Gasteiger partial charge is 0.237 e. The number of nitrogens with one attached hydrogen (secondary N) is 2. The van der Waals surface area contributed by atoms with E-state index in [2.05, 4.69) is 38.5 Å². The molecule has 0 saturated carbocycles. The summed E-state index contributed by atoms with van der Waals surface area (Å²) in [6.07, 6.45) is 9.27. The molecule has 4 rings (SSSR count). The average Bonchev–Trinajstić information content (AvgIpc) is 3.00. The van der Waals surface area contributed by atoms with Crippen LogP contribution in [0, 0.1) is 5.41 Å². The van der Waals surface area contributed by atoms with Gasteiger partial charge in [-0.1, -0.05) is 6.07 Å². The van der Waals surface area contributed by atoms with E-state index in [4.69, 9.17) is 0 Å². The highest BCUT2D eigenvalue weighted by molar-refractivity contribution is 5.82. The Morgan fingerprint density at radius 3 is 2.81 bits per heavy atom. The van der Waals surface area contributed by atoms with Gasteiger partial charge in [-0.25, -0.2) is 0 Å². The molecule has 3 aliphatic rings. The predicted octanol–water partition coefficient (Wildman–Crippen LogP) is 1.24. The topological polar surface area (TPSA) is 60.5 Å². The third-order valence-electron chi connectivity index (χ3n) is 6.77. The van der Waals surface area contributed by atoms with Crippen LogP contribution in [-0.2, 0) is 11.3 Å². The van der Waals surface area contributed by atoms with Crippen molar-refractivity contribution in [1.82, 2.24) is 25.4 Å². The van der Waals surface area contributed by atoms with Gasteiger partial charge in [0.05, 0.1) is 6.04 Å². The molecule has 1 amide bonds. The molecule has 148 valence electrons. The van der Waals surface area contributed by atoms with Crippen LogP contribution in [0.15, 0.2) is 24.5 Å². The van der Waals surface area contributed by atoms with E-state index in [0.717, 1.165) is 58.5 Å². The number of hydrogen-bond donors (Lipinski definition) is 2. The molecule has 1 atom stereocenters. The maximum atomic E-state index is 12.9. The van der Waals surface area contributed by atoms with Crippen LogP contribution in [0.5, 0.6) is 0 Å². The lowest BCUT2D eigenvalue weighted by Gasteiger charge is -2.34. The minimum absolute atomic E-state index is 0.0523. The Morgan fingerprint density at radius 2 is 2.11 bits per heavy atom. The number of aromatic nitrogens is 1. The summed E-state index contributed by atoms with van der Waals surface area (Å²) in [6, 6.07) is 4.50. The van der Waals surface area contributed by atoms with Crippen LogP contribution in [0.2, 0.25) is 0 Å². The van der Waals surface area contributed by atoms with E-state index in [1.807, 2.05) is 18.5 Å². The molecule has 0 unspecified atom stereocenters. The van der Waals surface area contributed by atoms with Crippen LogP contribution < -0.4 is 10.6 Å². The minimum atomic E-state index is 0.0523. The van der Waals surface area contributed by atoms with Crippen molar-refractivity contribution in [2.75, 3.05) is 39.8 Å². The largest absolute Gasteiger partial charge is 0.352 e. The van der Waals surface area contributed by atoms with Gasteiger partial charge in [-0.15, -0.1) is 0 Å². The van der Waals surface area contributed by atoms with Gasteiger partial charge >= 0.3 is 0 Å². The first kappa shape index (κ1) is 18.8. The third-order valence-corrected chi connectivity index (χ3v) is 6.77. The highest BCUT2D eigenvalue weighted by Gasteiger charge is 2.45. The maximum absolute atomic E-state index is 12.9. The van der Waals surface area contributed by atoms with Gasteiger partial charge in [0.15, 0.2) is 0 Å². The number of amides is 1. The van der Waals surface area contributed by atoms with Crippen molar-refractivity contribution in [2.24, 2.45) is 5.41 Å². The molecule has 1 aromatic rings. The summed E-state index contributed by atoms with van der Waals surface area (Å²) in [6.45, 7) is 6.29. The zero-order valence-electron chi connectivity index (χ0n) is 16.5. The first-order valence-corrected chi connectivity index (χ1v) is 10.5. The molecule has 1 spiro atoms. The molecule has 0 aromatic carbocycles. The molecular formula is C21H33N5O. The Balaban J connectivity index is 1.25. The molecule has 1 aromatic heterocycles. The highest BCUT2D eigenvalue weighted by atomic mass is 16.2. The van der Waals surface area contributed by atoms with Crippen LogP contribution in [0.4, 0.5) is 0 Å². The Morgan fingerprint density at radius 1 is 1.33 bits per heavy atom. The average molecular weight is 372 g/mol.